The van der Waals surface area contributed by atoms with E-state index in [1.807, 2.05) is 12.1 Å². The van der Waals surface area contributed by atoms with Crippen molar-refractivity contribution in [2.45, 2.75) is 19.8 Å². The lowest BCUT2D eigenvalue weighted by Gasteiger charge is -2.10. The molecule has 2 aromatic carbocycles. The molecule has 0 fully saturated rings. The van der Waals surface area contributed by atoms with Gasteiger partial charge in [-0.15, -0.1) is 0 Å². The van der Waals surface area contributed by atoms with Crippen molar-refractivity contribution in [1.29, 1.82) is 0 Å². The zero-order valence-corrected chi connectivity index (χ0v) is 10.7. The molecule has 90 valence electrons. The average Bonchev–Trinajstić information content (AvgIpc) is 2.86. The lowest BCUT2D eigenvalue weighted by molar-refractivity contribution is 0.615. The van der Waals surface area contributed by atoms with Crippen LogP contribution in [-0.4, -0.2) is 0 Å². The van der Waals surface area contributed by atoms with Crippen molar-refractivity contribution in [3.05, 3.63) is 60.4 Å². The molecule has 0 atom stereocenters. The second-order valence-electron chi connectivity index (χ2n) is 4.92. The largest absolute Gasteiger partial charge is 0.464 e. The maximum Gasteiger partial charge on any atom is 0.134 e. The van der Waals surface area contributed by atoms with Crippen molar-refractivity contribution in [2.24, 2.45) is 0 Å². The zero-order valence-electron chi connectivity index (χ0n) is 10.7. The summed E-state index contributed by atoms with van der Waals surface area (Å²) in [6.07, 6.45) is 1.77. The molecule has 1 aromatic heterocycles. The number of hydrogen-bond acceptors (Lipinski definition) is 1. The van der Waals surface area contributed by atoms with Gasteiger partial charge in [0.05, 0.1) is 6.26 Å². The van der Waals surface area contributed by atoms with Gasteiger partial charge in [0.25, 0.3) is 0 Å². The summed E-state index contributed by atoms with van der Waals surface area (Å²) in [6.45, 7) is 4.41. The van der Waals surface area contributed by atoms with Crippen molar-refractivity contribution >= 4 is 11.0 Å². The first-order chi connectivity index (χ1) is 8.75. The maximum atomic E-state index is 5.57. The van der Waals surface area contributed by atoms with Crippen LogP contribution < -0.4 is 0 Å². The van der Waals surface area contributed by atoms with Gasteiger partial charge in [0.1, 0.15) is 5.58 Å². The fourth-order valence-electron chi connectivity index (χ4n) is 2.28. The molecular weight excluding hydrogens is 220 g/mol. The van der Waals surface area contributed by atoms with E-state index in [4.69, 9.17) is 4.42 Å². The SMILES string of the molecule is CC(C)c1cc(-c2ccccc2)c2ccoc2c1. The Kier molecular flexibility index (Phi) is 2.67. The summed E-state index contributed by atoms with van der Waals surface area (Å²) in [4.78, 5) is 0. The number of hydrogen-bond donors (Lipinski definition) is 0. The van der Waals surface area contributed by atoms with E-state index in [1.165, 1.54) is 22.1 Å². The average molecular weight is 236 g/mol. The quantitative estimate of drug-likeness (QED) is 0.594. The first-order valence-electron chi connectivity index (χ1n) is 6.32. The normalized spacial score (nSPS) is 11.3. The number of benzene rings is 2. The predicted molar refractivity (Wildman–Crippen MR) is 75.7 cm³/mol. The smallest absolute Gasteiger partial charge is 0.134 e. The van der Waals surface area contributed by atoms with Gasteiger partial charge in [0.15, 0.2) is 0 Å². The molecule has 0 aliphatic heterocycles. The number of rotatable bonds is 2. The number of fused-ring (bicyclic) bond motifs is 1. The standard InChI is InChI=1S/C17H16O/c1-12(2)14-10-16(13-6-4-3-5-7-13)15-8-9-18-17(15)11-14/h3-12H,1-2H3. The molecule has 3 rings (SSSR count). The van der Waals surface area contributed by atoms with E-state index in [9.17, 15) is 0 Å². The van der Waals surface area contributed by atoms with Gasteiger partial charge in [0, 0.05) is 5.39 Å². The van der Waals surface area contributed by atoms with E-state index in [2.05, 4.69) is 50.2 Å². The van der Waals surface area contributed by atoms with E-state index < -0.39 is 0 Å². The minimum Gasteiger partial charge on any atom is -0.464 e. The third-order valence-corrected chi connectivity index (χ3v) is 3.35. The second kappa shape index (κ2) is 4.34. The molecule has 0 aliphatic carbocycles. The zero-order chi connectivity index (χ0) is 12.5. The van der Waals surface area contributed by atoms with Crippen molar-refractivity contribution < 1.29 is 4.42 Å². The Bertz CT molecular complexity index is 662. The van der Waals surface area contributed by atoms with E-state index in [-0.39, 0.29) is 0 Å². The Morgan fingerprint density at radius 3 is 2.44 bits per heavy atom. The summed E-state index contributed by atoms with van der Waals surface area (Å²) < 4.78 is 5.57. The molecule has 0 spiro atoms. The Hall–Kier alpha value is -2.02. The van der Waals surface area contributed by atoms with Gasteiger partial charge < -0.3 is 4.42 Å². The Morgan fingerprint density at radius 1 is 0.944 bits per heavy atom. The highest BCUT2D eigenvalue weighted by Gasteiger charge is 2.10. The van der Waals surface area contributed by atoms with Crippen LogP contribution in [0.2, 0.25) is 0 Å². The molecule has 18 heavy (non-hydrogen) atoms. The van der Waals surface area contributed by atoms with Crippen LogP contribution in [0.5, 0.6) is 0 Å². The van der Waals surface area contributed by atoms with Gasteiger partial charge >= 0.3 is 0 Å². The minimum absolute atomic E-state index is 0.502. The third kappa shape index (κ3) is 1.82. The molecule has 1 heteroatoms. The van der Waals surface area contributed by atoms with Crippen LogP contribution in [0.15, 0.2) is 59.2 Å². The van der Waals surface area contributed by atoms with Crippen LogP contribution in [-0.2, 0) is 0 Å². The Balaban J connectivity index is 2.29. The van der Waals surface area contributed by atoms with Gasteiger partial charge in [-0.25, -0.2) is 0 Å². The summed E-state index contributed by atoms with van der Waals surface area (Å²) in [5, 5.41) is 1.19. The highest BCUT2D eigenvalue weighted by Crippen LogP contribution is 2.33. The lowest BCUT2D eigenvalue weighted by atomic mass is 9.95. The molecular formula is C17H16O. The van der Waals surface area contributed by atoms with E-state index in [0.29, 0.717) is 5.92 Å². The molecule has 0 amide bonds. The van der Waals surface area contributed by atoms with Crippen molar-refractivity contribution in [3.63, 3.8) is 0 Å². The second-order valence-corrected chi connectivity index (χ2v) is 4.92. The molecule has 0 aliphatic rings. The van der Waals surface area contributed by atoms with Gasteiger partial charge in [-0.2, -0.15) is 0 Å². The van der Waals surface area contributed by atoms with Crippen LogP contribution in [0.1, 0.15) is 25.3 Å². The van der Waals surface area contributed by atoms with E-state index in [1.54, 1.807) is 6.26 Å². The summed E-state index contributed by atoms with van der Waals surface area (Å²) in [7, 11) is 0. The first-order valence-corrected chi connectivity index (χ1v) is 6.32. The van der Waals surface area contributed by atoms with E-state index in [0.717, 1.165) is 5.58 Å². The van der Waals surface area contributed by atoms with Gasteiger partial charge in [-0.3, -0.25) is 0 Å². The molecule has 0 bridgehead atoms. The highest BCUT2D eigenvalue weighted by atomic mass is 16.3. The van der Waals surface area contributed by atoms with Crippen molar-refractivity contribution in [2.75, 3.05) is 0 Å². The Morgan fingerprint density at radius 2 is 1.72 bits per heavy atom. The van der Waals surface area contributed by atoms with Crippen LogP contribution in [0.25, 0.3) is 22.1 Å². The first kappa shape index (κ1) is 11.1. The highest BCUT2D eigenvalue weighted by molar-refractivity contribution is 5.94. The monoisotopic (exact) mass is 236 g/mol. The molecule has 0 saturated carbocycles. The summed E-state index contributed by atoms with van der Waals surface area (Å²) in [5.41, 5.74) is 4.79. The van der Waals surface area contributed by atoms with Crippen LogP contribution in [0.3, 0.4) is 0 Å². The number of furan rings is 1. The maximum absolute atomic E-state index is 5.57. The Labute approximate surface area is 107 Å². The molecule has 0 saturated heterocycles. The van der Waals surface area contributed by atoms with Crippen molar-refractivity contribution in [3.8, 4) is 11.1 Å². The van der Waals surface area contributed by atoms with Gasteiger partial charge in [-0.1, -0.05) is 50.2 Å². The van der Waals surface area contributed by atoms with Gasteiger partial charge in [-0.05, 0) is 34.7 Å². The molecule has 0 radical (unpaired) electrons. The molecule has 1 nitrogen and oxygen atoms in total. The van der Waals surface area contributed by atoms with Crippen LogP contribution in [0, 0.1) is 0 Å². The van der Waals surface area contributed by atoms with Crippen LogP contribution >= 0.6 is 0 Å². The molecule has 0 unspecified atom stereocenters. The van der Waals surface area contributed by atoms with E-state index >= 15 is 0 Å². The third-order valence-electron chi connectivity index (χ3n) is 3.35. The molecule has 3 aromatic rings. The van der Waals surface area contributed by atoms with Crippen molar-refractivity contribution in [1.82, 2.24) is 0 Å². The lowest BCUT2D eigenvalue weighted by Crippen LogP contribution is -1.89. The summed E-state index contributed by atoms with van der Waals surface area (Å²) in [5.74, 6) is 0.502. The minimum atomic E-state index is 0.502. The fraction of sp³-hybridized carbons (Fsp3) is 0.176. The fourth-order valence-corrected chi connectivity index (χ4v) is 2.28. The van der Waals surface area contributed by atoms with Gasteiger partial charge in [0.2, 0.25) is 0 Å². The van der Waals surface area contributed by atoms with Crippen LogP contribution in [0.4, 0.5) is 0 Å². The summed E-state index contributed by atoms with van der Waals surface area (Å²) in [6, 6.07) is 16.9. The topological polar surface area (TPSA) is 13.1 Å². The molecule has 0 N–H and O–H groups in total. The predicted octanol–water partition coefficient (Wildman–Crippen LogP) is 5.22. The summed E-state index contributed by atoms with van der Waals surface area (Å²) >= 11 is 0. The molecule has 1 heterocycles.